The molecule has 40 heavy (non-hydrogen) atoms. The van der Waals surface area contributed by atoms with Crippen LogP contribution in [-0.4, -0.2) is 63.7 Å². The van der Waals surface area contributed by atoms with E-state index in [9.17, 15) is 22.4 Å². The fourth-order valence-corrected chi connectivity index (χ4v) is 5.30. The van der Waals surface area contributed by atoms with Crippen LogP contribution in [0.25, 0.3) is 0 Å². The smallest absolute Gasteiger partial charge is 0.244 e. The van der Waals surface area contributed by atoms with Crippen molar-refractivity contribution in [3.8, 4) is 11.5 Å². The highest BCUT2D eigenvalue weighted by atomic mass is 32.2. The first-order chi connectivity index (χ1) is 19.2. The molecule has 0 spiro atoms. The van der Waals surface area contributed by atoms with Gasteiger partial charge in [0.25, 0.3) is 0 Å². The summed E-state index contributed by atoms with van der Waals surface area (Å²) in [5, 5.41) is 2.76. The van der Waals surface area contributed by atoms with Crippen LogP contribution in [0.15, 0.2) is 72.8 Å². The third kappa shape index (κ3) is 7.09. The number of sulfonamides is 1. The molecule has 0 radical (unpaired) electrons. The minimum absolute atomic E-state index is 0.149. The monoisotopic (exact) mass is 569 g/mol. The van der Waals surface area contributed by atoms with Crippen LogP contribution in [0.1, 0.15) is 18.1 Å². The van der Waals surface area contributed by atoms with Gasteiger partial charge in [-0.1, -0.05) is 48.5 Å². The molecule has 0 unspecified atom stereocenters. The van der Waals surface area contributed by atoms with Gasteiger partial charge in [0.05, 0.1) is 11.9 Å². The molecular weight excluding hydrogens is 537 g/mol. The maximum absolute atomic E-state index is 14.8. The minimum Gasteiger partial charge on any atom is -0.486 e. The zero-order valence-electron chi connectivity index (χ0n) is 22.4. The van der Waals surface area contributed by atoms with Crippen LogP contribution in [0.2, 0.25) is 0 Å². The topological polar surface area (TPSA) is 105 Å². The first-order valence-electron chi connectivity index (χ1n) is 12.9. The normalized spacial score (nSPS) is 13.3. The molecule has 1 aliphatic rings. The van der Waals surface area contributed by atoms with Crippen LogP contribution in [0.5, 0.6) is 11.5 Å². The highest BCUT2D eigenvalue weighted by molar-refractivity contribution is 7.92. The molecule has 0 saturated heterocycles. The highest BCUT2D eigenvalue weighted by Crippen LogP contribution is 2.34. The Balaban J connectivity index is 1.72. The second-order valence-corrected chi connectivity index (χ2v) is 11.2. The first kappa shape index (κ1) is 28.9. The van der Waals surface area contributed by atoms with Crippen LogP contribution < -0.4 is 19.1 Å². The van der Waals surface area contributed by atoms with Crippen LogP contribution in [-0.2, 0) is 32.6 Å². The zero-order chi connectivity index (χ0) is 28.7. The Morgan fingerprint density at radius 1 is 0.975 bits per heavy atom. The van der Waals surface area contributed by atoms with Crippen molar-refractivity contribution in [2.75, 3.05) is 36.9 Å². The fraction of sp³-hybridized carbons (Fsp3) is 0.310. The van der Waals surface area contributed by atoms with Crippen molar-refractivity contribution in [1.82, 2.24) is 10.2 Å². The number of hydrogen-bond donors (Lipinski definition) is 1. The summed E-state index contributed by atoms with van der Waals surface area (Å²) >= 11 is 0. The predicted octanol–water partition coefficient (Wildman–Crippen LogP) is 3.14. The molecule has 0 bridgehead atoms. The van der Waals surface area contributed by atoms with E-state index >= 15 is 0 Å². The van der Waals surface area contributed by atoms with Gasteiger partial charge in [-0.2, -0.15) is 0 Å². The molecule has 0 saturated carbocycles. The van der Waals surface area contributed by atoms with Crippen molar-refractivity contribution in [1.29, 1.82) is 0 Å². The maximum atomic E-state index is 14.8. The van der Waals surface area contributed by atoms with Gasteiger partial charge in [0.15, 0.2) is 11.5 Å². The molecule has 1 atom stereocenters. The summed E-state index contributed by atoms with van der Waals surface area (Å²) in [6.07, 6.45) is 1.14. The van der Waals surface area contributed by atoms with Crippen LogP contribution in [0, 0.1) is 5.82 Å². The number of halogens is 1. The van der Waals surface area contributed by atoms with E-state index in [1.165, 1.54) is 35.2 Å². The molecule has 4 rings (SSSR count). The number of carbonyl (C=O) groups excluding carboxylic acids is 2. The highest BCUT2D eigenvalue weighted by Gasteiger charge is 2.33. The Morgan fingerprint density at radius 3 is 2.33 bits per heavy atom. The van der Waals surface area contributed by atoms with E-state index < -0.39 is 40.2 Å². The standard InChI is InChI=1S/C29H32FN3O6S/c1-3-31-29(35)25(17-21-9-5-4-6-10-21)32(19-22-11-7-8-12-24(22)30)28(34)20-33(40(2,36)37)23-13-14-26-27(18-23)39-16-15-38-26/h4-14,18,25H,3,15-17,19-20H2,1-2H3,(H,31,35)/t25-/m0/s1. The lowest BCUT2D eigenvalue weighted by molar-refractivity contribution is -0.140. The SMILES string of the molecule is CCNC(=O)[C@H](Cc1ccccc1)N(Cc1ccccc1F)C(=O)CN(c1ccc2c(c1)OCCO2)S(C)(=O)=O. The lowest BCUT2D eigenvalue weighted by atomic mass is 10.0. The number of nitrogens with zero attached hydrogens (tertiary/aromatic N) is 2. The quantitative estimate of drug-likeness (QED) is 0.381. The molecule has 0 aromatic heterocycles. The van der Waals surface area contributed by atoms with E-state index in [4.69, 9.17) is 9.47 Å². The van der Waals surface area contributed by atoms with Crippen molar-refractivity contribution in [2.45, 2.75) is 25.9 Å². The third-order valence-electron chi connectivity index (χ3n) is 6.41. The van der Waals surface area contributed by atoms with Crippen molar-refractivity contribution in [3.05, 3.63) is 89.7 Å². The molecule has 1 heterocycles. The summed E-state index contributed by atoms with van der Waals surface area (Å²) in [6, 6.07) is 18.7. The van der Waals surface area contributed by atoms with E-state index in [0.717, 1.165) is 16.1 Å². The van der Waals surface area contributed by atoms with Gasteiger partial charge in [0.2, 0.25) is 21.8 Å². The van der Waals surface area contributed by atoms with E-state index in [0.29, 0.717) is 31.3 Å². The lowest BCUT2D eigenvalue weighted by Gasteiger charge is -2.33. The lowest BCUT2D eigenvalue weighted by Crippen LogP contribution is -2.53. The summed E-state index contributed by atoms with van der Waals surface area (Å²) in [4.78, 5) is 28.5. The second kappa shape index (κ2) is 12.8. The maximum Gasteiger partial charge on any atom is 0.244 e. The Labute approximate surface area is 233 Å². The van der Waals surface area contributed by atoms with Crippen LogP contribution in [0.3, 0.4) is 0 Å². The Kier molecular flexibility index (Phi) is 9.26. The summed E-state index contributed by atoms with van der Waals surface area (Å²) in [5.41, 5.74) is 1.18. The van der Waals surface area contributed by atoms with Gasteiger partial charge >= 0.3 is 0 Å². The summed E-state index contributed by atoms with van der Waals surface area (Å²) in [6.45, 7) is 1.90. The molecule has 0 fully saturated rings. The van der Waals surface area contributed by atoms with Crippen LogP contribution in [0.4, 0.5) is 10.1 Å². The van der Waals surface area contributed by atoms with E-state index in [1.54, 1.807) is 19.1 Å². The zero-order valence-corrected chi connectivity index (χ0v) is 23.2. The molecule has 1 N–H and O–H groups in total. The Morgan fingerprint density at radius 2 is 1.65 bits per heavy atom. The number of likely N-dealkylation sites (N-methyl/N-ethyl adjacent to an activating group) is 1. The molecule has 1 aliphatic heterocycles. The van der Waals surface area contributed by atoms with Crippen LogP contribution >= 0.6 is 0 Å². The summed E-state index contributed by atoms with van der Waals surface area (Å²) in [5.74, 6) is -0.814. The number of benzene rings is 3. The van der Waals surface area contributed by atoms with Gasteiger partial charge in [-0.05, 0) is 30.7 Å². The number of amides is 2. The predicted molar refractivity (Wildman–Crippen MR) is 149 cm³/mol. The van der Waals surface area contributed by atoms with E-state index in [-0.39, 0.29) is 24.2 Å². The average molecular weight is 570 g/mol. The molecule has 212 valence electrons. The second-order valence-electron chi connectivity index (χ2n) is 9.31. The molecule has 11 heteroatoms. The van der Waals surface area contributed by atoms with Crippen molar-refractivity contribution < 1.29 is 31.9 Å². The molecule has 3 aromatic carbocycles. The van der Waals surface area contributed by atoms with Gasteiger partial charge in [0, 0.05) is 31.1 Å². The molecule has 9 nitrogen and oxygen atoms in total. The van der Waals surface area contributed by atoms with Gasteiger partial charge in [-0.25, -0.2) is 12.8 Å². The van der Waals surface area contributed by atoms with Crippen molar-refractivity contribution >= 4 is 27.5 Å². The van der Waals surface area contributed by atoms with Gasteiger partial charge < -0.3 is 19.7 Å². The van der Waals surface area contributed by atoms with Gasteiger partial charge in [-0.3, -0.25) is 13.9 Å². The number of fused-ring (bicyclic) bond motifs is 1. The number of ether oxygens (including phenoxy) is 2. The Bertz CT molecular complexity index is 1450. The molecule has 3 aromatic rings. The number of carbonyl (C=O) groups is 2. The number of hydrogen-bond acceptors (Lipinski definition) is 6. The molecular formula is C29H32FN3O6S. The van der Waals surface area contributed by atoms with E-state index in [1.807, 2.05) is 30.3 Å². The largest absolute Gasteiger partial charge is 0.486 e. The van der Waals surface area contributed by atoms with Gasteiger partial charge in [0.1, 0.15) is 31.6 Å². The average Bonchev–Trinajstić information content (AvgIpc) is 2.94. The number of nitrogens with one attached hydrogen (secondary N) is 1. The summed E-state index contributed by atoms with van der Waals surface area (Å²) < 4.78 is 52.7. The Hall–Kier alpha value is -4.12. The summed E-state index contributed by atoms with van der Waals surface area (Å²) in [7, 11) is -3.95. The van der Waals surface area contributed by atoms with Crippen molar-refractivity contribution in [2.24, 2.45) is 0 Å². The van der Waals surface area contributed by atoms with E-state index in [2.05, 4.69) is 5.32 Å². The van der Waals surface area contributed by atoms with Gasteiger partial charge in [-0.15, -0.1) is 0 Å². The minimum atomic E-state index is -3.95. The third-order valence-corrected chi connectivity index (χ3v) is 7.55. The van der Waals surface area contributed by atoms with Crippen molar-refractivity contribution in [3.63, 3.8) is 0 Å². The molecule has 0 aliphatic carbocycles. The number of rotatable bonds is 11. The molecule has 2 amide bonds. The number of anilines is 1. The first-order valence-corrected chi connectivity index (χ1v) is 14.7. The fourth-order valence-electron chi connectivity index (χ4n) is 4.46.